The Morgan fingerprint density at radius 2 is 1.73 bits per heavy atom. The Morgan fingerprint density at radius 3 is 2.33 bits per heavy atom. The van der Waals surface area contributed by atoms with Crippen LogP contribution in [0.2, 0.25) is 0 Å². The lowest BCUT2D eigenvalue weighted by molar-refractivity contribution is 0.179. The van der Waals surface area contributed by atoms with E-state index >= 15 is 0 Å². The quantitative estimate of drug-likeness (QED) is 0.764. The van der Waals surface area contributed by atoms with Crippen molar-refractivity contribution in [3.05, 3.63) is 0 Å². The average molecular weight is 210 g/mol. The molecule has 0 aromatic rings. The van der Waals surface area contributed by atoms with Gasteiger partial charge in [0.25, 0.3) is 0 Å². The highest BCUT2D eigenvalue weighted by Crippen LogP contribution is 2.26. The van der Waals surface area contributed by atoms with Crippen LogP contribution >= 0.6 is 0 Å². The molecule has 88 valence electrons. The maximum atomic E-state index is 3.67. The van der Waals surface area contributed by atoms with Gasteiger partial charge in [-0.15, -0.1) is 0 Å². The number of piperidine rings is 1. The van der Waals surface area contributed by atoms with Gasteiger partial charge in [0.1, 0.15) is 0 Å². The third-order valence-corrected chi connectivity index (χ3v) is 4.11. The van der Waals surface area contributed by atoms with Crippen molar-refractivity contribution < 1.29 is 0 Å². The van der Waals surface area contributed by atoms with Crippen molar-refractivity contribution in [3.63, 3.8) is 0 Å². The number of nitrogens with zero attached hydrogens (tertiary/aromatic N) is 1. The molecule has 0 radical (unpaired) electrons. The topological polar surface area (TPSA) is 15.3 Å². The molecule has 1 N–H and O–H groups in total. The summed E-state index contributed by atoms with van der Waals surface area (Å²) in [6, 6.07) is 0.837. The number of hydrogen-bond acceptors (Lipinski definition) is 2. The largest absolute Gasteiger partial charge is 0.313 e. The molecule has 0 aromatic carbocycles. The Morgan fingerprint density at radius 1 is 1.07 bits per heavy atom. The first kappa shape index (κ1) is 11.4. The van der Waals surface area contributed by atoms with Gasteiger partial charge >= 0.3 is 0 Å². The van der Waals surface area contributed by atoms with E-state index in [2.05, 4.69) is 24.1 Å². The third-order valence-electron chi connectivity index (χ3n) is 4.11. The van der Waals surface area contributed by atoms with E-state index in [0.717, 1.165) is 17.9 Å². The van der Waals surface area contributed by atoms with Gasteiger partial charge in [-0.1, -0.05) is 13.8 Å². The zero-order valence-electron chi connectivity index (χ0n) is 10.3. The van der Waals surface area contributed by atoms with Crippen LogP contribution in [0.5, 0.6) is 0 Å². The molecule has 2 rings (SSSR count). The van der Waals surface area contributed by atoms with Crippen molar-refractivity contribution in [3.8, 4) is 0 Å². The molecule has 0 unspecified atom stereocenters. The summed E-state index contributed by atoms with van der Waals surface area (Å²) in [4.78, 5) is 2.62. The fourth-order valence-corrected chi connectivity index (χ4v) is 2.78. The van der Waals surface area contributed by atoms with Gasteiger partial charge < -0.3 is 10.2 Å². The minimum Gasteiger partial charge on any atom is -0.313 e. The van der Waals surface area contributed by atoms with Crippen molar-refractivity contribution in [1.29, 1.82) is 0 Å². The fraction of sp³-hybridized carbons (Fsp3) is 1.00. The zero-order chi connectivity index (χ0) is 10.7. The van der Waals surface area contributed by atoms with Gasteiger partial charge in [0, 0.05) is 19.1 Å². The second kappa shape index (κ2) is 5.31. The van der Waals surface area contributed by atoms with Gasteiger partial charge in [0.05, 0.1) is 0 Å². The maximum Gasteiger partial charge on any atom is 0.0107 e. The first-order valence-electron chi connectivity index (χ1n) is 6.70. The molecule has 0 aromatic heterocycles. The van der Waals surface area contributed by atoms with Crippen molar-refractivity contribution in [2.24, 2.45) is 11.8 Å². The Bertz CT molecular complexity index is 179. The van der Waals surface area contributed by atoms with Gasteiger partial charge in [-0.3, -0.25) is 0 Å². The summed E-state index contributed by atoms with van der Waals surface area (Å²) < 4.78 is 0. The van der Waals surface area contributed by atoms with Crippen molar-refractivity contribution in [2.45, 2.75) is 45.6 Å². The van der Waals surface area contributed by atoms with Crippen molar-refractivity contribution >= 4 is 0 Å². The van der Waals surface area contributed by atoms with E-state index in [0.29, 0.717) is 0 Å². The molecule has 1 saturated carbocycles. The van der Waals surface area contributed by atoms with E-state index in [4.69, 9.17) is 0 Å². The van der Waals surface area contributed by atoms with Crippen molar-refractivity contribution in [2.75, 3.05) is 26.2 Å². The highest BCUT2D eigenvalue weighted by Gasteiger charge is 2.24. The van der Waals surface area contributed by atoms with Gasteiger partial charge in [-0.2, -0.15) is 0 Å². The average Bonchev–Trinajstić information content (AvgIpc) is 2.18. The van der Waals surface area contributed by atoms with Gasteiger partial charge in [-0.05, 0) is 50.6 Å². The highest BCUT2D eigenvalue weighted by atomic mass is 15.1. The van der Waals surface area contributed by atoms with E-state index in [1.165, 1.54) is 51.9 Å². The minimum absolute atomic E-state index is 0.837. The van der Waals surface area contributed by atoms with Crippen LogP contribution in [0.25, 0.3) is 0 Å². The molecule has 2 fully saturated rings. The molecule has 2 heteroatoms. The molecular formula is C13H26N2. The summed E-state index contributed by atoms with van der Waals surface area (Å²) in [5.74, 6) is 1.93. The van der Waals surface area contributed by atoms with Crippen LogP contribution < -0.4 is 5.32 Å². The molecule has 0 bridgehead atoms. The molecular weight excluding hydrogens is 184 g/mol. The molecule has 2 nitrogen and oxygen atoms in total. The summed E-state index contributed by atoms with van der Waals surface area (Å²) in [7, 11) is 0. The summed E-state index contributed by atoms with van der Waals surface area (Å²) in [6.45, 7) is 9.84. The van der Waals surface area contributed by atoms with Crippen LogP contribution in [0, 0.1) is 11.8 Å². The molecule has 0 spiro atoms. The first-order chi connectivity index (χ1) is 7.24. The number of nitrogens with one attached hydrogen (secondary N) is 1. The number of likely N-dealkylation sites (tertiary alicyclic amines) is 1. The van der Waals surface area contributed by atoms with E-state index in [1.807, 2.05) is 0 Å². The van der Waals surface area contributed by atoms with E-state index in [9.17, 15) is 0 Å². The van der Waals surface area contributed by atoms with Crippen LogP contribution in [0.15, 0.2) is 0 Å². The molecule has 2 aliphatic rings. The van der Waals surface area contributed by atoms with E-state index in [1.54, 1.807) is 0 Å². The monoisotopic (exact) mass is 210 g/mol. The molecule has 1 aliphatic heterocycles. The summed E-state index contributed by atoms with van der Waals surface area (Å²) >= 11 is 0. The lowest BCUT2D eigenvalue weighted by Gasteiger charge is -2.35. The number of rotatable bonds is 4. The van der Waals surface area contributed by atoms with Gasteiger partial charge in [-0.25, -0.2) is 0 Å². The predicted molar refractivity (Wildman–Crippen MR) is 65.0 cm³/mol. The Hall–Kier alpha value is -0.0800. The van der Waals surface area contributed by atoms with Crippen LogP contribution in [-0.2, 0) is 0 Å². The van der Waals surface area contributed by atoms with Crippen LogP contribution in [0.3, 0.4) is 0 Å². The van der Waals surface area contributed by atoms with Crippen LogP contribution in [-0.4, -0.2) is 37.1 Å². The standard InChI is InChI=1S/C13H26N2/c1-11-3-6-15(7-4-11)8-5-14-13-9-12(2)10-13/h11-14H,3-10H2,1-2H3. The van der Waals surface area contributed by atoms with E-state index in [-0.39, 0.29) is 0 Å². The Balaban J connectivity index is 1.51. The smallest absolute Gasteiger partial charge is 0.0107 e. The highest BCUT2D eigenvalue weighted by molar-refractivity contribution is 4.82. The SMILES string of the molecule is CC1CCN(CCNC2CC(C)C2)CC1. The lowest BCUT2D eigenvalue weighted by atomic mass is 9.82. The maximum absolute atomic E-state index is 3.67. The molecule has 1 aliphatic carbocycles. The summed E-state index contributed by atoms with van der Waals surface area (Å²) in [5.41, 5.74) is 0. The van der Waals surface area contributed by atoms with Gasteiger partial charge in [0.15, 0.2) is 0 Å². The first-order valence-corrected chi connectivity index (χ1v) is 6.70. The third kappa shape index (κ3) is 3.46. The number of hydrogen-bond donors (Lipinski definition) is 1. The Labute approximate surface area is 94.4 Å². The molecule has 1 saturated heterocycles. The second-order valence-electron chi connectivity index (χ2n) is 5.75. The van der Waals surface area contributed by atoms with Crippen LogP contribution in [0.1, 0.15) is 39.5 Å². The second-order valence-corrected chi connectivity index (χ2v) is 5.75. The predicted octanol–water partition coefficient (Wildman–Crippen LogP) is 2.11. The summed E-state index contributed by atoms with van der Waals surface area (Å²) in [5, 5.41) is 3.67. The van der Waals surface area contributed by atoms with Gasteiger partial charge in [0.2, 0.25) is 0 Å². The van der Waals surface area contributed by atoms with E-state index < -0.39 is 0 Å². The minimum atomic E-state index is 0.837. The Kier molecular flexibility index (Phi) is 4.04. The fourth-order valence-electron chi connectivity index (χ4n) is 2.78. The molecule has 1 heterocycles. The summed E-state index contributed by atoms with van der Waals surface area (Å²) in [6.07, 6.45) is 5.61. The molecule has 0 atom stereocenters. The lowest BCUT2D eigenvalue weighted by Crippen LogP contribution is -2.44. The normalized spacial score (nSPS) is 34.0. The zero-order valence-corrected chi connectivity index (χ0v) is 10.3. The molecule has 0 amide bonds. The molecule has 15 heavy (non-hydrogen) atoms. The van der Waals surface area contributed by atoms with Crippen LogP contribution in [0.4, 0.5) is 0 Å². The van der Waals surface area contributed by atoms with Crippen molar-refractivity contribution in [1.82, 2.24) is 10.2 Å².